The van der Waals surface area contributed by atoms with E-state index in [1.54, 1.807) is 0 Å². The average molecular weight is 461 g/mol. The van der Waals surface area contributed by atoms with Crippen molar-refractivity contribution in [3.05, 3.63) is 84.7 Å². The Balaban J connectivity index is 1.31. The molecule has 174 valence electrons. The molecule has 5 aromatic rings. The first-order valence-corrected chi connectivity index (χ1v) is 12.1. The van der Waals surface area contributed by atoms with Crippen molar-refractivity contribution in [2.24, 2.45) is 0 Å². The average Bonchev–Trinajstić information content (AvgIpc) is 2.89. The van der Waals surface area contributed by atoms with Gasteiger partial charge in [0.05, 0.1) is 11.0 Å². The number of rotatable bonds is 4. The molecule has 1 N–H and O–H groups in total. The number of benzene rings is 3. The highest BCUT2D eigenvalue weighted by atomic mass is 15.2. The summed E-state index contributed by atoms with van der Waals surface area (Å²) in [6, 6.07) is 23.1. The van der Waals surface area contributed by atoms with E-state index >= 15 is 0 Å². The first-order valence-electron chi connectivity index (χ1n) is 12.1. The molecule has 0 aliphatic carbocycles. The second kappa shape index (κ2) is 8.96. The van der Waals surface area contributed by atoms with Crippen LogP contribution in [0.3, 0.4) is 0 Å². The summed E-state index contributed by atoms with van der Waals surface area (Å²) < 4.78 is 0. The van der Waals surface area contributed by atoms with Crippen LogP contribution in [0.5, 0.6) is 0 Å². The number of anilines is 3. The monoisotopic (exact) mass is 460 g/mol. The Hall–Kier alpha value is -4.03. The Morgan fingerprint density at radius 2 is 1.69 bits per heavy atom. The molecule has 0 spiro atoms. The van der Waals surface area contributed by atoms with Crippen molar-refractivity contribution in [3.63, 3.8) is 0 Å². The topological polar surface area (TPSA) is 57.2 Å². The number of aryl methyl sites for hydroxylation is 1. The molecule has 0 atom stereocenters. The van der Waals surface area contributed by atoms with Crippen LogP contribution in [0.4, 0.5) is 17.3 Å². The van der Waals surface area contributed by atoms with Gasteiger partial charge in [-0.1, -0.05) is 30.3 Å². The highest BCUT2D eigenvalue weighted by Gasteiger charge is 2.16. The van der Waals surface area contributed by atoms with E-state index in [-0.39, 0.29) is 0 Å². The number of hydrogen-bond donors (Lipinski definition) is 1. The van der Waals surface area contributed by atoms with Gasteiger partial charge in [0.2, 0.25) is 5.95 Å². The van der Waals surface area contributed by atoms with E-state index in [1.165, 1.54) is 11.3 Å². The number of pyridine rings is 1. The largest absolute Gasteiger partial charge is 0.369 e. The fraction of sp³-hybridized carbons (Fsp3) is 0.207. The molecule has 1 fully saturated rings. The van der Waals surface area contributed by atoms with Crippen molar-refractivity contribution in [1.29, 1.82) is 0 Å². The maximum absolute atomic E-state index is 4.92. The molecule has 6 rings (SSSR count). The summed E-state index contributed by atoms with van der Waals surface area (Å²) in [5.74, 6) is 0.596. The number of fused-ring (bicyclic) bond motifs is 2. The maximum Gasteiger partial charge on any atom is 0.227 e. The van der Waals surface area contributed by atoms with Gasteiger partial charge in [-0.25, -0.2) is 9.97 Å². The summed E-state index contributed by atoms with van der Waals surface area (Å²) in [5.41, 5.74) is 7.67. The molecule has 35 heavy (non-hydrogen) atoms. The fourth-order valence-electron chi connectivity index (χ4n) is 4.86. The molecule has 6 nitrogen and oxygen atoms in total. The molecule has 3 heterocycles. The van der Waals surface area contributed by atoms with E-state index in [4.69, 9.17) is 4.98 Å². The van der Waals surface area contributed by atoms with Gasteiger partial charge in [0.25, 0.3) is 0 Å². The van der Waals surface area contributed by atoms with Crippen molar-refractivity contribution >= 4 is 39.1 Å². The first kappa shape index (κ1) is 21.5. The van der Waals surface area contributed by atoms with Gasteiger partial charge in [0.15, 0.2) is 0 Å². The Morgan fingerprint density at radius 1 is 0.829 bits per heavy atom. The van der Waals surface area contributed by atoms with Gasteiger partial charge in [-0.05, 0) is 61.5 Å². The third-order valence-electron chi connectivity index (χ3n) is 6.82. The number of piperazine rings is 1. The Morgan fingerprint density at radius 3 is 2.54 bits per heavy atom. The predicted octanol–water partition coefficient (Wildman–Crippen LogP) is 5.65. The van der Waals surface area contributed by atoms with Gasteiger partial charge < -0.3 is 15.1 Å². The van der Waals surface area contributed by atoms with Crippen molar-refractivity contribution in [2.75, 3.05) is 43.4 Å². The normalized spacial score (nSPS) is 14.5. The number of hydrogen-bond acceptors (Lipinski definition) is 6. The van der Waals surface area contributed by atoms with Crippen molar-refractivity contribution in [3.8, 4) is 11.1 Å². The highest BCUT2D eigenvalue weighted by Crippen LogP contribution is 2.31. The van der Waals surface area contributed by atoms with Crippen LogP contribution in [0.25, 0.3) is 32.9 Å². The van der Waals surface area contributed by atoms with Gasteiger partial charge in [-0.2, -0.15) is 0 Å². The summed E-state index contributed by atoms with van der Waals surface area (Å²) in [6.07, 6.45) is 3.71. The van der Waals surface area contributed by atoms with Crippen molar-refractivity contribution in [2.45, 2.75) is 6.92 Å². The van der Waals surface area contributed by atoms with Gasteiger partial charge in [0, 0.05) is 66.3 Å². The summed E-state index contributed by atoms with van der Waals surface area (Å²) in [6.45, 7) is 6.49. The molecule has 0 unspecified atom stereocenters. The minimum atomic E-state index is 0.596. The smallest absolute Gasteiger partial charge is 0.227 e. The van der Waals surface area contributed by atoms with Crippen LogP contribution in [-0.2, 0) is 0 Å². The van der Waals surface area contributed by atoms with E-state index in [0.717, 1.165) is 64.8 Å². The van der Waals surface area contributed by atoms with Crippen LogP contribution >= 0.6 is 0 Å². The lowest BCUT2D eigenvalue weighted by atomic mass is 10.0. The lowest BCUT2D eigenvalue weighted by Crippen LogP contribution is -2.44. The first-order chi connectivity index (χ1) is 17.1. The van der Waals surface area contributed by atoms with Crippen LogP contribution in [0.2, 0.25) is 0 Å². The van der Waals surface area contributed by atoms with Gasteiger partial charge in [0.1, 0.15) is 0 Å². The molecule has 0 radical (unpaired) electrons. The van der Waals surface area contributed by atoms with Gasteiger partial charge >= 0.3 is 0 Å². The molecule has 1 aliphatic rings. The third-order valence-corrected chi connectivity index (χ3v) is 6.82. The minimum Gasteiger partial charge on any atom is -0.369 e. The zero-order valence-electron chi connectivity index (χ0n) is 20.1. The van der Waals surface area contributed by atoms with Crippen molar-refractivity contribution in [1.82, 2.24) is 19.9 Å². The van der Waals surface area contributed by atoms with E-state index in [1.807, 2.05) is 18.5 Å². The van der Waals surface area contributed by atoms with Crippen LogP contribution in [0.15, 0.2) is 79.1 Å². The summed E-state index contributed by atoms with van der Waals surface area (Å²) in [4.78, 5) is 18.8. The van der Waals surface area contributed by atoms with E-state index < -0.39 is 0 Å². The quantitative estimate of drug-likeness (QED) is 0.374. The molecule has 0 bridgehead atoms. The molecule has 6 heteroatoms. The lowest BCUT2D eigenvalue weighted by molar-refractivity contribution is 0.312. The lowest BCUT2D eigenvalue weighted by Gasteiger charge is -2.35. The van der Waals surface area contributed by atoms with E-state index in [2.05, 4.69) is 99.7 Å². The summed E-state index contributed by atoms with van der Waals surface area (Å²) in [7, 11) is 2.18. The minimum absolute atomic E-state index is 0.596. The number of likely N-dealkylation sites (N-methyl/N-ethyl adjacent to an activating group) is 1. The molecule has 2 aromatic heterocycles. The number of aromatic nitrogens is 3. The van der Waals surface area contributed by atoms with Crippen molar-refractivity contribution < 1.29 is 0 Å². The fourth-order valence-corrected chi connectivity index (χ4v) is 4.86. The SMILES string of the molecule is Cc1cc(Nc2ncc3cccc(-c4ccc5ncccc5c4)c3n2)ccc1N1CCN(C)CC1. The number of nitrogens with one attached hydrogen (secondary N) is 1. The number of para-hydroxylation sites is 1. The molecule has 1 aliphatic heterocycles. The van der Waals surface area contributed by atoms with Crippen LogP contribution in [-0.4, -0.2) is 53.1 Å². The van der Waals surface area contributed by atoms with Crippen LogP contribution in [0, 0.1) is 6.92 Å². The molecule has 1 saturated heterocycles. The highest BCUT2D eigenvalue weighted by molar-refractivity contribution is 5.96. The van der Waals surface area contributed by atoms with E-state index in [0.29, 0.717) is 5.95 Å². The standard InChI is InChI=1S/C29H28N6/c1-20-17-24(9-11-27(20)35-15-13-34(2)14-16-35)32-29-31-19-23-5-3-7-25(28(23)33-29)21-8-10-26-22(18-21)6-4-12-30-26/h3-12,17-19H,13-16H2,1-2H3,(H,31,32,33). The Bertz CT molecular complexity index is 1520. The summed E-state index contributed by atoms with van der Waals surface area (Å²) >= 11 is 0. The molecular weight excluding hydrogens is 432 g/mol. The summed E-state index contributed by atoms with van der Waals surface area (Å²) in [5, 5.41) is 5.55. The van der Waals surface area contributed by atoms with Gasteiger partial charge in [-0.15, -0.1) is 0 Å². The molecule has 0 amide bonds. The zero-order valence-corrected chi connectivity index (χ0v) is 20.1. The van der Waals surface area contributed by atoms with Gasteiger partial charge in [-0.3, -0.25) is 4.98 Å². The van der Waals surface area contributed by atoms with Crippen LogP contribution < -0.4 is 10.2 Å². The molecule has 3 aromatic carbocycles. The second-order valence-corrected chi connectivity index (χ2v) is 9.26. The molecule has 0 saturated carbocycles. The zero-order chi connectivity index (χ0) is 23.8. The third kappa shape index (κ3) is 4.29. The number of nitrogens with zero attached hydrogens (tertiary/aromatic N) is 5. The predicted molar refractivity (Wildman–Crippen MR) is 144 cm³/mol. The van der Waals surface area contributed by atoms with Crippen LogP contribution in [0.1, 0.15) is 5.56 Å². The Labute approximate surface area is 205 Å². The Kier molecular flexibility index (Phi) is 5.51. The second-order valence-electron chi connectivity index (χ2n) is 9.26. The maximum atomic E-state index is 4.92. The molecular formula is C29H28N6. The van der Waals surface area contributed by atoms with E-state index in [9.17, 15) is 0 Å².